The molecule has 0 spiro atoms. The summed E-state index contributed by atoms with van der Waals surface area (Å²) in [5, 5.41) is 7.24. The van der Waals surface area contributed by atoms with Gasteiger partial charge in [0.25, 0.3) is 0 Å². The van der Waals surface area contributed by atoms with Gasteiger partial charge < -0.3 is 5.32 Å². The Morgan fingerprint density at radius 2 is 1.80 bits per heavy atom. The van der Waals surface area contributed by atoms with E-state index in [0.717, 1.165) is 16.4 Å². The van der Waals surface area contributed by atoms with Crippen LogP contribution >= 0.6 is 11.3 Å². The average Bonchev–Trinajstić information content (AvgIpc) is 2.78. The maximum Gasteiger partial charge on any atom is 0.0900 e. The van der Waals surface area contributed by atoms with Crippen LogP contribution in [0.4, 0.5) is 5.69 Å². The molecule has 0 aliphatic rings. The number of hydrogen-bond acceptors (Lipinski definition) is 3. The number of benzene rings is 2. The minimum Gasteiger partial charge on any atom is -0.378 e. The van der Waals surface area contributed by atoms with Gasteiger partial charge in [-0.15, -0.1) is 11.3 Å². The average molecular weight is 282 g/mol. The third kappa shape index (κ3) is 2.54. The second-order valence-electron chi connectivity index (χ2n) is 5.11. The summed E-state index contributed by atoms with van der Waals surface area (Å²) < 4.78 is 0. The minimum absolute atomic E-state index is 0.280. The monoisotopic (exact) mass is 282 g/mol. The molecule has 0 aliphatic carbocycles. The predicted molar refractivity (Wildman–Crippen MR) is 87.6 cm³/mol. The van der Waals surface area contributed by atoms with Crippen LogP contribution in [0.3, 0.4) is 0 Å². The van der Waals surface area contributed by atoms with Crippen molar-refractivity contribution in [3.05, 3.63) is 58.0 Å². The number of rotatable bonds is 3. The number of aryl methyl sites for hydroxylation is 2. The Morgan fingerprint density at radius 3 is 2.50 bits per heavy atom. The second kappa shape index (κ2) is 5.25. The second-order valence-corrected chi connectivity index (χ2v) is 6.35. The summed E-state index contributed by atoms with van der Waals surface area (Å²) in [5.41, 5.74) is 2.29. The Hall–Kier alpha value is -1.87. The summed E-state index contributed by atoms with van der Waals surface area (Å²) in [4.78, 5) is 5.82. The first-order valence-electron chi connectivity index (χ1n) is 6.83. The molecule has 0 radical (unpaired) electrons. The first kappa shape index (κ1) is 13.1. The maximum atomic E-state index is 4.50. The fourth-order valence-corrected chi connectivity index (χ4v) is 3.47. The molecule has 1 aromatic heterocycles. The molecule has 3 rings (SSSR count). The molecule has 1 N–H and O–H groups in total. The van der Waals surface area contributed by atoms with E-state index in [1.807, 2.05) is 0 Å². The van der Waals surface area contributed by atoms with Crippen LogP contribution in [-0.2, 0) is 0 Å². The highest BCUT2D eigenvalue weighted by atomic mass is 32.1. The molecule has 0 aliphatic heterocycles. The third-order valence-corrected chi connectivity index (χ3v) is 4.72. The zero-order valence-corrected chi connectivity index (χ0v) is 12.8. The van der Waals surface area contributed by atoms with E-state index < -0.39 is 0 Å². The lowest BCUT2D eigenvalue weighted by Gasteiger charge is -2.15. The summed E-state index contributed by atoms with van der Waals surface area (Å²) in [5.74, 6) is 0. The van der Waals surface area contributed by atoms with Gasteiger partial charge in [0.2, 0.25) is 0 Å². The molecule has 20 heavy (non-hydrogen) atoms. The molecule has 3 heteroatoms. The number of anilines is 1. The summed E-state index contributed by atoms with van der Waals surface area (Å²) >= 11 is 1.77. The Bertz CT molecular complexity index is 746. The van der Waals surface area contributed by atoms with Gasteiger partial charge in [0, 0.05) is 10.6 Å². The van der Waals surface area contributed by atoms with Crippen LogP contribution in [0.1, 0.15) is 28.5 Å². The molecule has 0 bridgehead atoms. The SMILES string of the molecule is Cc1nc(C)c(C(C)Nc2ccc3ccccc3c2)s1. The number of thiazole rings is 1. The van der Waals surface area contributed by atoms with Crippen LogP contribution in [0.15, 0.2) is 42.5 Å². The van der Waals surface area contributed by atoms with Crippen molar-refractivity contribution in [1.29, 1.82) is 0 Å². The van der Waals surface area contributed by atoms with Gasteiger partial charge in [-0.2, -0.15) is 0 Å². The summed E-state index contributed by atoms with van der Waals surface area (Å²) in [7, 11) is 0. The van der Waals surface area contributed by atoms with Gasteiger partial charge in [-0.3, -0.25) is 0 Å². The first-order chi connectivity index (χ1) is 9.63. The van der Waals surface area contributed by atoms with Crippen molar-refractivity contribution in [2.24, 2.45) is 0 Å². The Kier molecular flexibility index (Phi) is 3.45. The van der Waals surface area contributed by atoms with Crippen molar-refractivity contribution in [2.75, 3.05) is 5.32 Å². The van der Waals surface area contributed by atoms with Crippen molar-refractivity contribution in [3.63, 3.8) is 0 Å². The molecular weight excluding hydrogens is 264 g/mol. The lowest BCUT2D eigenvalue weighted by molar-refractivity contribution is 0.890. The van der Waals surface area contributed by atoms with Gasteiger partial charge in [-0.1, -0.05) is 30.3 Å². The Morgan fingerprint density at radius 1 is 1.05 bits per heavy atom. The van der Waals surface area contributed by atoms with E-state index in [0.29, 0.717) is 0 Å². The van der Waals surface area contributed by atoms with Crippen molar-refractivity contribution in [2.45, 2.75) is 26.8 Å². The highest BCUT2D eigenvalue weighted by molar-refractivity contribution is 7.11. The van der Waals surface area contributed by atoms with Crippen molar-refractivity contribution in [3.8, 4) is 0 Å². The standard InChI is InChI=1S/C17H18N2S/c1-11-17(20-13(3)18-11)12(2)19-16-9-8-14-6-4-5-7-15(14)10-16/h4-10,12,19H,1-3H3. The first-order valence-corrected chi connectivity index (χ1v) is 7.64. The van der Waals surface area contributed by atoms with Crippen LogP contribution < -0.4 is 5.32 Å². The molecular formula is C17H18N2S. The normalized spacial score (nSPS) is 12.6. The molecule has 0 amide bonds. The van der Waals surface area contributed by atoms with Crippen LogP contribution in [0, 0.1) is 13.8 Å². The molecule has 2 aromatic carbocycles. The number of fused-ring (bicyclic) bond motifs is 1. The third-order valence-electron chi connectivity index (χ3n) is 3.47. The van der Waals surface area contributed by atoms with E-state index in [2.05, 4.69) is 73.5 Å². The fourth-order valence-electron chi connectivity index (χ4n) is 2.54. The summed E-state index contributed by atoms with van der Waals surface area (Å²) in [6, 6.07) is 15.2. The van der Waals surface area contributed by atoms with Crippen molar-refractivity contribution in [1.82, 2.24) is 4.98 Å². The predicted octanol–water partition coefficient (Wildman–Crippen LogP) is 5.09. The topological polar surface area (TPSA) is 24.9 Å². The van der Waals surface area contributed by atoms with Crippen molar-refractivity contribution >= 4 is 27.8 Å². The van der Waals surface area contributed by atoms with Crippen molar-refractivity contribution < 1.29 is 0 Å². The van der Waals surface area contributed by atoms with Gasteiger partial charge in [0.1, 0.15) is 0 Å². The largest absolute Gasteiger partial charge is 0.378 e. The Labute approximate surface area is 123 Å². The molecule has 0 saturated heterocycles. The van der Waals surface area contributed by atoms with Gasteiger partial charge >= 0.3 is 0 Å². The van der Waals surface area contributed by atoms with E-state index in [9.17, 15) is 0 Å². The number of hydrogen-bond donors (Lipinski definition) is 1. The van der Waals surface area contributed by atoms with E-state index in [-0.39, 0.29) is 6.04 Å². The van der Waals surface area contributed by atoms with Crippen LogP contribution in [0.2, 0.25) is 0 Å². The van der Waals surface area contributed by atoms with Gasteiger partial charge in [-0.25, -0.2) is 4.98 Å². The van der Waals surface area contributed by atoms with Crippen LogP contribution in [-0.4, -0.2) is 4.98 Å². The van der Waals surface area contributed by atoms with Gasteiger partial charge in [0.15, 0.2) is 0 Å². The van der Waals surface area contributed by atoms with Gasteiger partial charge in [-0.05, 0) is 43.7 Å². The van der Waals surface area contributed by atoms with E-state index in [1.54, 1.807) is 11.3 Å². The fraction of sp³-hybridized carbons (Fsp3) is 0.235. The highest BCUT2D eigenvalue weighted by Gasteiger charge is 2.12. The molecule has 3 aromatic rings. The molecule has 0 fully saturated rings. The van der Waals surface area contributed by atoms with Gasteiger partial charge in [0.05, 0.1) is 16.7 Å². The zero-order valence-electron chi connectivity index (χ0n) is 12.0. The number of aromatic nitrogens is 1. The lowest BCUT2D eigenvalue weighted by Crippen LogP contribution is -2.06. The molecule has 102 valence electrons. The summed E-state index contributed by atoms with van der Waals surface area (Å²) in [6.07, 6.45) is 0. The lowest BCUT2D eigenvalue weighted by atomic mass is 10.1. The molecule has 0 saturated carbocycles. The smallest absolute Gasteiger partial charge is 0.0900 e. The van der Waals surface area contributed by atoms with E-state index in [1.165, 1.54) is 15.6 Å². The molecule has 1 unspecified atom stereocenters. The number of nitrogens with zero attached hydrogens (tertiary/aromatic N) is 1. The zero-order chi connectivity index (χ0) is 14.1. The van der Waals surface area contributed by atoms with E-state index in [4.69, 9.17) is 0 Å². The molecule has 2 nitrogen and oxygen atoms in total. The van der Waals surface area contributed by atoms with E-state index >= 15 is 0 Å². The highest BCUT2D eigenvalue weighted by Crippen LogP contribution is 2.28. The maximum absolute atomic E-state index is 4.50. The molecule has 1 atom stereocenters. The van der Waals surface area contributed by atoms with Crippen LogP contribution in [0.5, 0.6) is 0 Å². The quantitative estimate of drug-likeness (QED) is 0.724. The van der Waals surface area contributed by atoms with Crippen LogP contribution in [0.25, 0.3) is 10.8 Å². The Balaban J connectivity index is 1.87. The summed E-state index contributed by atoms with van der Waals surface area (Å²) in [6.45, 7) is 6.33. The number of nitrogens with one attached hydrogen (secondary N) is 1. The minimum atomic E-state index is 0.280. The molecule has 1 heterocycles.